The van der Waals surface area contributed by atoms with E-state index in [0.29, 0.717) is 25.8 Å². The molecule has 0 aliphatic rings. The van der Waals surface area contributed by atoms with Crippen molar-refractivity contribution in [1.82, 2.24) is 5.32 Å². The van der Waals surface area contributed by atoms with E-state index in [1.807, 2.05) is 60.7 Å². The first-order chi connectivity index (χ1) is 14.0. The summed E-state index contributed by atoms with van der Waals surface area (Å²) in [5.74, 6) is -0.799. The molecule has 0 fully saturated rings. The third kappa shape index (κ3) is 10.2. The van der Waals surface area contributed by atoms with E-state index in [-0.39, 0.29) is 24.7 Å². The lowest BCUT2D eigenvalue weighted by atomic mass is 10.1. The minimum Gasteiger partial charge on any atom is -0.481 e. The van der Waals surface area contributed by atoms with Crippen LogP contribution in [0.3, 0.4) is 0 Å². The third-order valence-electron chi connectivity index (χ3n) is 4.25. The van der Waals surface area contributed by atoms with E-state index in [1.165, 1.54) is 0 Å². The molecule has 0 heterocycles. The standard InChI is InChI=1S/C22H28NO3PS2.ClH/c24-20(23-16-7-17-27)12-14-22(15-13-21(25)26,28-18-8-3-1-4-9-18)29-19-10-5-2-6-11-19;/h1-6,8-11H,7,12-17,27H2,(H,23,24)(H,25,26);1H. The number of carboxylic acid groups (broad SMARTS) is 1. The molecule has 0 aliphatic carbocycles. The van der Waals surface area contributed by atoms with Crippen molar-refractivity contribution in [3.63, 3.8) is 0 Å². The normalized spacial score (nSPS) is 10.8. The lowest BCUT2D eigenvalue weighted by Crippen LogP contribution is -2.29. The molecule has 4 nitrogen and oxygen atoms in total. The molecule has 0 saturated heterocycles. The molecule has 0 aliphatic heterocycles. The van der Waals surface area contributed by atoms with E-state index < -0.39 is 10.0 Å². The molecule has 164 valence electrons. The quantitative estimate of drug-likeness (QED) is 0.164. The zero-order valence-electron chi connectivity index (χ0n) is 16.8. The molecule has 0 aromatic heterocycles. The summed E-state index contributed by atoms with van der Waals surface area (Å²) in [6, 6.07) is 20.0. The zero-order chi connectivity index (χ0) is 21.0. The van der Waals surface area contributed by atoms with E-state index >= 15 is 0 Å². The van der Waals surface area contributed by atoms with Crippen molar-refractivity contribution in [1.29, 1.82) is 0 Å². The first-order valence-electron chi connectivity index (χ1n) is 9.70. The van der Waals surface area contributed by atoms with Crippen LogP contribution in [0.4, 0.5) is 0 Å². The number of carbonyl (C=O) groups is 2. The number of benzene rings is 2. The Labute approximate surface area is 196 Å². The highest BCUT2D eigenvalue weighted by Gasteiger charge is 2.34. The Morgan fingerprint density at radius 3 is 1.87 bits per heavy atom. The van der Waals surface area contributed by atoms with E-state index in [2.05, 4.69) is 14.6 Å². The second kappa shape index (κ2) is 14.7. The Bertz CT molecular complexity index is 724. The van der Waals surface area contributed by atoms with Gasteiger partial charge in [-0.3, -0.25) is 9.59 Å². The van der Waals surface area contributed by atoms with Gasteiger partial charge in [0.15, 0.2) is 0 Å². The van der Waals surface area contributed by atoms with Gasteiger partial charge in [-0.05, 0) is 49.7 Å². The van der Waals surface area contributed by atoms with Crippen LogP contribution in [0.25, 0.3) is 0 Å². The first kappa shape index (κ1) is 26.8. The number of hydrogen-bond donors (Lipinski definition) is 2. The fourth-order valence-electron chi connectivity index (χ4n) is 2.78. The zero-order valence-corrected chi connectivity index (χ0v) is 20.4. The molecule has 0 bridgehead atoms. The summed E-state index contributed by atoms with van der Waals surface area (Å²) in [4.78, 5) is 25.9. The maximum absolute atomic E-state index is 12.4. The molecule has 30 heavy (non-hydrogen) atoms. The van der Waals surface area contributed by atoms with Crippen molar-refractivity contribution in [2.75, 3.05) is 12.7 Å². The van der Waals surface area contributed by atoms with Gasteiger partial charge in [0.2, 0.25) is 5.91 Å². The number of rotatable bonds is 13. The van der Waals surface area contributed by atoms with E-state index in [9.17, 15) is 14.7 Å². The number of hydrogen-bond acceptors (Lipinski definition) is 4. The highest BCUT2D eigenvalue weighted by molar-refractivity contribution is 8.18. The summed E-state index contributed by atoms with van der Waals surface area (Å²) in [6.07, 6.45) is 3.38. The molecule has 0 radical (unpaired) electrons. The molecular weight excluding hydrogens is 457 g/mol. The highest BCUT2D eigenvalue weighted by Crippen LogP contribution is 2.51. The molecule has 1 atom stereocenters. The predicted octanol–water partition coefficient (Wildman–Crippen LogP) is 5.72. The smallest absolute Gasteiger partial charge is 0.303 e. The molecule has 2 rings (SSSR count). The molecule has 8 heteroatoms. The van der Waals surface area contributed by atoms with Crippen LogP contribution in [0.2, 0.25) is 0 Å². The highest BCUT2D eigenvalue weighted by atomic mass is 35.5. The number of nitrogens with one attached hydrogen (secondary N) is 1. The van der Waals surface area contributed by atoms with Gasteiger partial charge < -0.3 is 10.4 Å². The number of carboxylic acids is 1. The monoisotopic (exact) mass is 485 g/mol. The van der Waals surface area contributed by atoms with Crippen molar-refractivity contribution in [2.45, 2.75) is 46.0 Å². The van der Waals surface area contributed by atoms with Crippen LogP contribution in [0.15, 0.2) is 70.5 Å². The molecule has 0 spiro atoms. The van der Waals surface area contributed by atoms with Crippen molar-refractivity contribution < 1.29 is 14.7 Å². The molecule has 2 N–H and O–H groups in total. The van der Waals surface area contributed by atoms with Gasteiger partial charge in [0.25, 0.3) is 0 Å². The summed E-state index contributed by atoms with van der Waals surface area (Å²) in [5, 5.41) is 12.3. The van der Waals surface area contributed by atoms with Gasteiger partial charge in [0, 0.05) is 29.2 Å². The molecule has 1 unspecified atom stereocenters. The Morgan fingerprint density at radius 1 is 0.900 bits per heavy atom. The van der Waals surface area contributed by atoms with Gasteiger partial charge >= 0.3 is 5.97 Å². The number of aliphatic carboxylic acids is 1. The van der Waals surface area contributed by atoms with Crippen molar-refractivity contribution in [3.8, 4) is 0 Å². The van der Waals surface area contributed by atoms with Crippen LogP contribution in [-0.2, 0) is 9.59 Å². The van der Waals surface area contributed by atoms with E-state index in [0.717, 1.165) is 22.4 Å². The minimum atomic E-state index is -0.818. The Hall–Kier alpha value is -1.20. The van der Waals surface area contributed by atoms with Gasteiger partial charge in [0.1, 0.15) is 0 Å². The van der Waals surface area contributed by atoms with Crippen LogP contribution in [0.5, 0.6) is 0 Å². The summed E-state index contributed by atoms with van der Waals surface area (Å²) < 4.78 is -0.445. The third-order valence-corrected chi connectivity index (χ3v) is 7.73. The van der Waals surface area contributed by atoms with Crippen molar-refractivity contribution >= 4 is 57.0 Å². The largest absolute Gasteiger partial charge is 0.481 e. The first-order valence-corrected chi connectivity index (χ1v) is 12.1. The summed E-state index contributed by atoms with van der Waals surface area (Å²) in [6.45, 7) is 0.669. The number of halogens is 1. The molecule has 0 saturated carbocycles. The summed E-state index contributed by atoms with van der Waals surface area (Å²) >= 11 is 3.32. The van der Waals surface area contributed by atoms with Gasteiger partial charge in [-0.2, -0.15) is 0 Å². The van der Waals surface area contributed by atoms with Crippen LogP contribution in [-0.4, -0.2) is 33.8 Å². The topological polar surface area (TPSA) is 66.4 Å². The predicted molar refractivity (Wildman–Crippen MR) is 133 cm³/mol. The fourth-order valence-corrected chi connectivity index (χ4v) is 5.99. The van der Waals surface area contributed by atoms with Crippen LogP contribution in [0, 0.1) is 0 Å². The second-order valence-electron chi connectivity index (χ2n) is 6.63. The minimum absolute atomic E-state index is 0. The van der Waals surface area contributed by atoms with Crippen LogP contribution in [0.1, 0.15) is 32.1 Å². The van der Waals surface area contributed by atoms with Crippen LogP contribution >= 0.6 is 45.2 Å². The van der Waals surface area contributed by atoms with E-state index in [4.69, 9.17) is 0 Å². The number of thioether (sulfide) groups is 2. The maximum Gasteiger partial charge on any atom is 0.303 e. The number of carbonyl (C=O) groups excluding carboxylic acids is 1. The second-order valence-corrected chi connectivity index (χ2v) is 10.4. The van der Waals surface area contributed by atoms with Gasteiger partial charge in [-0.15, -0.1) is 45.2 Å². The lowest BCUT2D eigenvalue weighted by Gasteiger charge is -2.32. The van der Waals surface area contributed by atoms with Gasteiger partial charge in [0.05, 0.1) is 4.08 Å². The molecule has 1 amide bonds. The Balaban J connectivity index is 0.00000450. The van der Waals surface area contributed by atoms with E-state index in [1.54, 1.807) is 23.5 Å². The summed E-state index contributed by atoms with van der Waals surface area (Å²) in [7, 11) is 2.66. The Morgan fingerprint density at radius 2 is 1.40 bits per heavy atom. The van der Waals surface area contributed by atoms with Gasteiger partial charge in [-0.25, -0.2) is 0 Å². The van der Waals surface area contributed by atoms with Crippen molar-refractivity contribution in [3.05, 3.63) is 60.7 Å². The molecular formula is C22H29ClNO3PS2. The lowest BCUT2D eigenvalue weighted by molar-refractivity contribution is -0.137. The molecule has 2 aromatic carbocycles. The average Bonchev–Trinajstić information content (AvgIpc) is 2.72. The average molecular weight is 486 g/mol. The fraction of sp³-hybridized carbons (Fsp3) is 0.364. The maximum atomic E-state index is 12.4. The van der Waals surface area contributed by atoms with Gasteiger partial charge in [-0.1, -0.05) is 36.4 Å². The van der Waals surface area contributed by atoms with Crippen molar-refractivity contribution in [2.24, 2.45) is 0 Å². The molecule has 2 aromatic rings. The Kier molecular flexibility index (Phi) is 13.2. The SMILES string of the molecule is Cl.O=C(O)CCC(CCC(=O)NCCCP)(Sc1ccccc1)Sc1ccccc1. The van der Waals surface area contributed by atoms with Crippen LogP contribution < -0.4 is 5.32 Å². The number of amides is 1. The summed E-state index contributed by atoms with van der Waals surface area (Å²) in [5.41, 5.74) is 0.